The standard InChI is InChI=1S/C15H21FN4/c1-10-14(11(2)20(3)19-10)9-13(18-17)8-12-6-4-5-7-15(12)16/h4-7,13,18H,8-9,17H2,1-3H3. The van der Waals surface area contributed by atoms with Crippen molar-refractivity contribution in [3.8, 4) is 0 Å². The first-order chi connectivity index (χ1) is 9.52. The Morgan fingerprint density at radius 1 is 1.30 bits per heavy atom. The van der Waals surface area contributed by atoms with Crippen molar-refractivity contribution in [1.29, 1.82) is 0 Å². The number of halogens is 1. The van der Waals surface area contributed by atoms with Crippen LogP contribution in [0.1, 0.15) is 22.5 Å². The van der Waals surface area contributed by atoms with Crippen LogP contribution < -0.4 is 11.3 Å². The molecule has 0 aliphatic rings. The Labute approximate surface area is 118 Å². The predicted octanol–water partition coefficient (Wildman–Crippen LogP) is 1.79. The second-order valence-electron chi connectivity index (χ2n) is 5.14. The summed E-state index contributed by atoms with van der Waals surface area (Å²) in [5, 5.41) is 4.40. The van der Waals surface area contributed by atoms with Crippen molar-refractivity contribution in [2.45, 2.75) is 32.7 Å². The molecule has 0 fully saturated rings. The molecule has 0 radical (unpaired) electrons. The second-order valence-corrected chi connectivity index (χ2v) is 5.14. The second kappa shape index (κ2) is 6.15. The fourth-order valence-electron chi connectivity index (χ4n) is 2.48. The Balaban J connectivity index is 2.15. The number of nitrogens with two attached hydrogens (primary N) is 1. The van der Waals surface area contributed by atoms with Crippen LogP contribution in [0.25, 0.3) is 0 Å². The van der Waals surface area contributed by atoms with Crippen LogP contribution in [0, 0.1) is 19.7 Å². The van der Waals surface area contributed by atoms with Gasteiger partial charge in [-0.1, -0.05) is 18.2 Å². The lowest BCUT2D eigenvalue weighted by Gasteiger charge is -2.16. The van der Waals surface area contributed by atoms with E-state index in [1.165, 1.54) is 11.6 Å². The van der Waals surface area contributed by atoms with E-state index in [1.54, 1.807) is 12.1 Å². The zero-order valence-corrected chi connectivity index (χ0v) is 12.2. The Hall–Kier alpha value is -1.72. The van der Waals surface area contributed by atoms with Gasteiger partial charge in [-0.2, -0.15) is 5.10 Å². The molecule has 108 valence electrons. The molecule has 0 spiro atoms. The summed E-state index contributed by atoms with van der Waals surface area (Å²) in [6.07, 6.45) is 1.29. The first-order valence-corrected chi connectivity index (χ1v) is 6.71. The molecule has 1 unspecified atom stereocenters. The van der Waals surface area contributed by atoms with Crippen LogP contribution >= 0.6 is 0 Å². The van der Waals surface area contributed by atoms with Gasteiger partial charge in [0.05, 0.1) is 5.69 Å². The summed E-state index contributed by atoms with van der Waals surface area (Å²) in [6, 6.07) is 6.78. The molecule has 2 aromatic rings. The van der Waals surface area contributed by atoms with E-state index in [1.807, 2.05) is 31.6 Å². The first-order valence-electron chi connectivity index (χ1n) is 6.71. The molecule has 0 saturated carbocycles. The number of hydrogen-bond acceptors (Lipinski definition) is 3. The summed E-state index contributed by atoms with van der Waals surface area (Å²) < 4.78 is 15.6. The number of hydrazine groups is 1. The maximum atomic E-state index is 13.7. The highest BCUT2D eigenvalue weighted by molar-refractivity contribution is 5.26. The van der Waals surface area contributed by atoms with Crippen molar-refractivity contribution >= 4 is 0 Å². The van der Waals surface area contributed by atoms with Crippen LogP contribution in [0.4, 0.5) is 4.39 Å². The molecule has 0 amide bonds. The van der Waals surface area contributed by atoms with Gasteiger partial charge in [0.1, 0.15) is 5.82 Å². The van der Waals surface area contributed by atoms with E-state index in [4.69, 9.17) is 5.84 Å². The summed E-state index contributed by atoms with van der Waals surface area (Å²) in [5.41, 5.74) is 6.76. The maximum absolute atomic E-state index is 13.7. The molecule has 1 aromatic heterocycles. The van der Waals surface area contributed by atoms with Gasteiger partial charge in [0.15, 0.2) is 0 Å². The first kappa shape index (κ1) is 14.7. The Morgan fingerprint density at radius 2 is 2.00 bits per heavy atom. The van der Waals surface area contributed by atoms with Gasteiger partial charge < -0.3 is 0 Å². The molecule has 1 heterocycles. The van der Waals surface area contributed by atoms with Crippen LogP contribution in [0.3, 0.4) is 0 Å². The fraction of sp³-hybridized carbons (Fsp3) is 0.400. The number of rotatable bonds is 5. The minimum atomic E-state index is -0.188. The molecule has 1 aromatic carbocycles. The quantitative estimate of drug-likeness (QED) is 0.646. The van der Waals surface area contributed by atoms with Gasteiger partial charge in [-0.3, -0.25) is 16.0 Å². The van der Waals surface area contributed by atoms with Crippen molar-refractivity contribution in [2.75, 3.05) is 0 Å². The highest BCUT2D eigenvalue weighted by Gasteiger charge is 2.16. The van der Waals surface area contributed by atoms with Crippen molar-refractivity contribution in [2.24, 2.45) is 12.9 Å². The van der Waals surface area contributed by atoms with Crippen LogP contribution in [-0.2, 0) is 19.9 Å². The molecule has 1 atom stereocenters. The van der Waals surface area contributed by atoms with E-state index in [9.17, 15) is 4.39 Å². The largest absolute Gasteiger partial charge is 0.272 e. The zero-order valence-electron chi connectivity index (χ0n) is 12.2. The lowest BCUT2D eigenvalue weighted by Crippen LogP contribution is -2.38. The van der Waals surface area contributed by atoms with Crippen LogP contribution in [0.15, 0.2) is 24.3 Å². The Morgan fingerprint density at radius 3 is 2.55 bits per heavy atom. The van der Waals surface area contributed by atoms with E-state index in [0.29, 0.717) is 12.0 Å². The third kappa shape index (κ3) is 3.05. The highest BCUT2D eigenvalue weighted by Crippen LogP contribution is 2.17. The molecule has 0 aliphatic carbocycles. The normalized spacial score (nSPS) is 12.7. The topological polar surface area (TPSA) is 55.9 Å². The average molecular weight is 276 g/mol. The summed E-state index contributed by atoms with van der Waals surface area (Å²) in [6.45, 7) is 4.02. The number of aryl methyl sites for hydroxylation is 2. The third-order valence-electron chi connectivity index (χ3n) is 3.77. The monoisotopic (exact) mass is 276 g/mol. The molecular formula is C15H21FN4. The molecule has 2 rings (SSSR count). The molecule has 3 N–H and O–H groups in total. The third-order valence-corrected chi connectivity index (χ3v) is 3.77. The van der Waals surface area contributed by atoms with Gasteiger partial charge in [-0.05, 0) is 43.9 Å². The Bertz CT molecular complexity index is 592. The van der Waals surface area contributed by atoms with Gasteiger partial charge in [0.2, 0.25) is 0 Å². The minimum Gasteiger partial charge on any atom is -0.272 e. The van der Waals surface area contributed by atoms with E-state index in [2.05, 4.69) is 10.5 Å². The van der Waals surface area contributed by atoms with Gasteiger partial charge in [0.25, 0.3) is 0 Å². The lowest BCUT2D eigenvalue weighted by atomic mass is 9.98. The van der Waals surface area contributed by atoms with E-state index in [-0.39, 0.29) is 11.9 Å². The van der Waals surface area contributed by atoms with Gasteiger partial charge in [-0.25, -0.2) is 4.39 Å². The molecule has 20 heavy (non-hydrogen) atoms. The number of nitrogens with zero attached hydrogens (tertiary/aromatic N) is 2. The van der Waals surface area contributed by atoms with E-state index < -0.39 is 0 Å². The Kier molecular flexibility index (Phi) is 4.52. The SMILES string of the molecule is Cc1nn(C)c(C)c1CC(Cc1ccccc1F)NN. The number of nitrogens with one attached hydrogen (secondary N) is 1. The van der Waals surface area contributed by atoms with Crippen LogP contribution in [0.2, 0.25) is 0 Å². The predicted molar refractivity (Wildman–Crippen MR) is 77.6 cm³/mol. The lowest BCUT2D eigenvalue weighted by molar-refractivity contribution is 0.505. The summed E-state index contributed by atoms with van der Waals surface area (Å²) in [4.78, 5) is 0. The van der Waals surface area contributed by atoms with Gasteiger partial charge >= 0.3 is 0 Å². The van der Waals surface area contributed by atoms with E-state index in [0.717, 1.165) is 17.8 Å². The number of benzene rings is 1. The number of hydrogen-bond donors (Lipinski definition) is 2. The average Bonchev–Trinajstić information content (AvgIpc) is 2.66. The molecule has 5 heteroatoms. The van der Waals surface area contributed by atoms with Crippen molar-refractivity contribution in [3.63, 3.8) is 0 Å². The summed E-state index contributed by atoms with van der Waals surface area (Å²) in [5.74, 6) is 5.44. The molecule has 0 bridgehead atoms. The van der Waals surface area contributed by atoms with Crippen molar-refractivity contribution in [1.82, 2.24) is 15.2 Å². The minimum absolute atomic E-state index is 0.0199. The zero-order chi connectivity index (χ0) is 14.7. The molecular weight excluding hydrogens is 255 g/mol. The molecule has 0 aliphatic heterocycles. The molecule has 4 nitrogen and oxygen atoms in total. The van der Waals surface area contributed by atoms with Crippen molar-refractivity contribution < 1.29 is 4.39 Å². The van der Waals surface area contributed by atoms with E-state index >= 15 is 0 Å². The van der Waals surface area contributed by atoms with Crippen LogP contribution in [-0.4, -0.2) is 15.8 Å². The van der Waals surface area contributed by atoms with Crippen molar-refractivity contribution in [3.05, 3.63) is 52.6 Å². The molecule has 0 saturated heterocycles. The smallest absolute Gasteiger partial charge is 0.126 e. The van der Waals surface area contributed by atoms with Gasteiger partial charge in [-0.15, -0.1) is 0 Å². The van der Waals surface area contributed by atoms with Gasteiger partial charge in [0, 0.05) is 18.8 Å². The summed E-state index contributed by atoms with van der Waals surface area (Å²) >= 11 is 0. The fourth-order valence-corrected chi connectivity index (χ4v) is 2.48. The van der Waals surface area contributed by atoms with Crippen LogP contribution in [0.5, 0.6) is 0 Å². The maximum Gasteiger partial charge on any atom is 0.126 e. The number of aromatic nitrogens is 2. The summed E-state index contributed by atoms with van der Waals surface area (Å²) in [7, 11) is 1.92. The highest BCUT2D eigenvalue weighted by atomic mass is 19.1.